The van der Waals surface area contributed by atoms with Crippen LogP contribution in [-0.2, 0) is 12.0 Å². The third kappa shape index (κ3) is 2.36. The molecule has 2 nitrogen and oxygen atoms in total. The lowest BCUT2D eigenvalue weighted by Crippen LogP contribution is -2.30. The van der Waals surface area contributed by atoms with Gasteiger partial charge < -0.3 is 4.57 Å². The number of para-hydroxylation sites is 1. The number of rotatable bonds is 5. The maximum absolute atomic E-state index is 13.9. The highest BCUT2D eigenvalue weighted by Crippen LogP contribution is 2.32. The van der Waals surface area contributed by atoms with Gasteiger partial charge in [-0.15, -0.1) is 11.6 Å². The van der Waals surface area contributed by atoms with Gasteiger partial charge in [-0.1, -0.05) is 19.9 Å². The van der Waals surface area contributed by atoms with Gasteiger partial charge in [0.25, 0.3) is 0 Å². The molecule has 0 radical (unpaired) electrons. The highest BCUT2D eigenvalue weighted by molar-refractivity contribution is 6.17. The lowest BCUT2D eigenvalue weighted by atomic mass is 9.94. The molecule has 0 fully saturated rings. The van der Waals surface area contributed by atoms with Crippen LogP contribution in [0, 0.1) is 5.82 Å². The van der Waals surface area contributed by atoms with Gasteiger partial charge in [0.05, 0.1) is 5.52 Å². The average molecular weight is 283 g/mol. The fraction of sp³-hybridized carbons (Fsp3) is 0.533. The van der Waals surface area contributed by atoms with E-state index >= 15 is 0 Å². The van der Waals surface area contributed by atoms with Crippen LogP contribution in [0.25, 0.3) is 11.0 Å². The molecule has 1 heterocycles. The van der Waals surface area contributed by atoms with Gasteiger partial charge in [-0.25, -0.2) is 9.37 Å². The van der Waals surface area contributed by atoms with Gasteiger partial charge in [-0.3, -0.25) is 0 Å². The Kier molecular flexibility index (Phi) is 4.14. The topological polar surface area (TPSA) is 17.8 Å². The van der Waals surface area contributed by atoms with Crippen molar-refractivity contribution in [2.24, 2.45) is 0 Å². The zero-order valence-corrected chi connectivity index (χ0v) is 12.5. The summed E-state index contributed by atoms with van der Waals surface area (Å²) >= 11 is 5.86. The van der Waals surface area contributed by atoms with Crippen LogP contribution in [0.5, 0.6) is 0 Å². The fourth-order valence-corrected chi connectivity index (χ4v) is 2.70. The maximum Gasteiger partial charge on any atom is 0.151 e. The van der Waals surface area contributed by atoms with Crippen molar-refractivity contribution < 1.29 is 4.39 Å². The molecule has 0 unspecified atom stereocenters. The van der Waals surface area contributed by atoms with E-state index in [1.807, 2.05) is 6.07 Å². The number of benzene rings is 1. The summed E-state index contributed by atoms with van der Waals surface area (Å²) in [5.41, 5.74) is 1.27. The molecule has 19 heavy (non-hydrogen) atoms. The second kappa shape index (κ2) is 5.49. The number of halogens is 2. The van der Waals surface area contributed by atoms with E-state index in [9.17, 15) is 4.39 Å². The minimum Gasteiger partial charge on any atom is -0.322 e. The molecule has 1 aromatic carbocycles. The number of hydrogen-bond acceptors (Lipinski definition) is 1. The van der Waals surface area contributed by atoms with Crippen molar-refractivity contribution in [1.82, 2.24) is 9.55 Å². The molecule has 0 aliphatic carbocycles. The van der Waals surface area contributed by atoms with Crippen molar-refractivity contribution in [2.75, 3.05) is 5.88 Å². The normalized spacial score (nSPS) is 12.3. The van der Waals surface area contributed by atoms with Crippen molar-refractivity contribution in [2.45, 2.75) is 45.6 Å². The zero-order chi connectivity index (χ0) is 14.0. The van der Waals surface area contributed by atoms with Gasteiger partial charge in [0.15, 0.2) is 5.82 Å². The lowest BCUT2D eigenvalue weighted by molar-refractivity contribution is 0.294. The summed E-state index contributed by atoms with van der Waals surface area (Å²) < 4.78 is 16.1. The molecular formula is C15H20ClFN2. The first-order valence-electron chi connectivity index (χ1n) is 6.79. The maximum atomic E-state index is 13.9. The van der Waals surface area contributed by atoms with Crippen molar-refractivity contribution >= 4 is 22.6 Å². The SMILES string of the molecule is CCC(C)(CC)n1c(CCCl)nc2c(F)cccc21. The summed E-state index contributed by atoms with van der Waals surface area (Å²) in [5.74, 6) is 1.11. The standard InChI is InChI=1S/C15H20ClFN2/c1-4-15(3,5-2)19-12-8-6-7-11(17)14(12)18-13(19)9-10-16/h6-8H,4-5,9-10H2,1-3H3. The Morgan fingerprint density at radius 2 is 2.00 bits per heavy atom. The Morgan fingerprint density at radius 1 is 1.32 bits per heavy atom. The Hall–Kier alpha value is -1.09. The molecule has 0 spiro atoms. The van der Waals surface area contributed by atoms with E-state index in [0.717, 1.165) is 24.2 Å². The van der Waals surface area contributed by atoms with E-state index in [1.165, 1.54) is 6.07 Å². The van der Waals surface area contributed by atoms with Gasteiger partial charge in [0.1, 0.15) is 11.3 Å². The molecule has 1 aromatic heterocycles. The minimum atomic E-state index is -0.262. The molecule has 2 rings (SSSR count). The minimum absolute atomic E-state index is 0.0517. The molecule has 0 saturated carbocycles. The van der Waals surface area contributed by atoms with E-state index in [1.54, 1.807) is 6.07 Å². The second-order valence-electron chi connectivity index (χ2n) is 5.11. The quantitative estimate of drug-likeness (QED) is 0.739. The Bertz CT molecular complexity index is 573. The largest absolute Gasteiger partial charge is 0.322 e. The van der Waals surface area contributed by atoms with Gasteiger partial charge in [-0.05, 0) is 31.9 Å². The van der Waals surface area contributed by atoms with Crippen molar-refractivity contribution in [1.29, 1.82) is 0 Å². The Balaban J connectivity index is 2.75. The molecule has 0 amide bonds. The molecular weight excluding hydrogens is 263 g/mol. The predicted octanol–water partition coefficient (Wildman–Crippen LogP) is 4.49. The summed E-state index contributed by atoms with van der Waals surface area (Å²) in [6.45, 7) is 6.50. The van der Waals surface area contributed by atoms with E-state index in [2.05, 4.69) is 30.3 Å². The van der Waals surface area contributed by atoms with Crippen LogP contribution in [0.1, 0.15) is 39.4 Å². The van der Waals surface area contributed by atoms with E-state index in [4.69, 9.17) is 11.6 Å². The number of nitrogens with zero attached hydrogens (tertiary/aromatic N) is 2. The van der Waals surface area contributed by atoms with Crippen molar-refractivity contribution in [3.05, 3.63) is 29.8 Å². The predicted molar refractivity (Wildman–Crippen MR) is 78.3 cm³/mol. The Labute approximate surface area is 118 Å². The highest BCUT2D eigenvalue weighted by Gasteiger charge is 2.27. The van der Waals surface area contributed by atoms with Crippen molar-refractivity contribution in [3.8, 4) is 0 Å². The molecule has 104 valence electrons. The Morgan fingerprint density at radius 3 is 2.58 bits per heavy atom. The second-order valence-corrected chi connectivity index (χ2v) is 5.49. The van der Waals surface area contributed by atoms with Crippen LogP contribution in [0.3, 0.4) is 0 Å². The van der Waals surface area contributed by atoms with Gasteiger partial charge >= 0.3 is 0 Å². The molecule has 2 aromatic rings. The molecule has 0 saturated heterocycles. The molecule has 0 aliphatic heterocycles. The summed E-state index contributed by atoms with van der Waals surface area (Å²) in [7, 11) is 0. The van der Waals surface area contributed by atoms with Gasteiger partial charge in [-0.2, -0.15) is 0 Å². The third-order valence-electron chi connectivity index (χ3n) is 4.09. The van der Waals surface area contributed by atoms with Gasteiger partial charge in [0, 0.05) is 17.8 Å². The van der Waals surface area contributed by atoms with Crippen LogP contribution in [0.15, 0.2) is 18.2 Å². The first-order valence-corrected chi connectivity index (χ1v) is 7.33. The number of aryl methyl sites for hydroxylation is 1. The molecule has 0 N–H and O–H groups in total. The third-order valence-corrected chi connectivity index (χ3v) is 4.28. The highest BCUT2D eigenvalue weighted by atomic mass is 35.5. The van der Waals surface area contributed by atoms with Crippen LogP contribution >= 0.6 is 11.6 Å². The first kappa shape index (κ1) is 14.3. The van der Waals surface area contributed by atoms with Gasteiger partial charge in [0.2, 0.25) is 0 Å². The number of hydrogen-bond donors (Lipinski definition) is 0. The number of imidazole rings is 1. The van der Waals surface area contributed by atoms with E-state index < -0.39 is 0 Å². The van der Waals surface area contributed by atoms with Crippen LogP contribution in [0.4, 0.5) is 4.39 Å². The molecule has 0 atom stereocenters. The molecule has 0 aliphatic rings. The monoisotopic (exact) mass is 282 g/mol. The fourth-order valence-electron chi connectivity index (χ4n) is 2.53. The number of alkyl halides is 1. The van der Waals surface area contributed by atoms with E-state index in [-0.39, 0.29) is 11.4 Å². The van der Waals surface area contributed by atoms with E-state index in [0.29, 0.717) is 17.8 Å². The molecule has 0 bridgehead atoms. The smallest absolute Gasteiger partial charge is 0.151 e. The summed E-state index contributed by atoms with van der Waals surface area (Å²) in [6, 6.07) is 5.14. The first-order chi connectivity index (χ1) is 9.07. The number of aromatic nitrogens is 2. The summed E-state index contributed by atoms with van der Waals surface area (Å²) in [5, 5.41) is 0. The average Bonchev–Trinajstić information content (AvgIpc) is 2.79. The number of fused-ring (bicyclic) bond motifs is 1. The van der Waals surface area contributed by atoms with Crippen molar-refractivity contribution in [3.63, 3.8) is 0 Å². The van der Waals surface area contributed by atoms with Crippen LogP contribution < -0.4 is 0 Å². The summed E-state index contributed by atoms with van der Waals surface area (Å²) in [4.78, 5) is 4.47. The van der Waals surface area contributed by atoms with Crippen LogP contribution in [-0.4, -0.2) is 15.4 Å². The summed E-state index contributed by atoms with van der Waals surface area (Å²) in [6.07, 6.45) is 2.60. The molecule has 4 heteroatoms. The zero-order valence-electron chi connectivity index (χ0n) is 11.7. The van der Waals surface area contributed by atoms with Crippen LogP contribution in [0.2, 0.25) is 0 Å². The lowest BCUT2D eigenvalue weighted by Gasteiger charge is -2.31.